The van der Waals surface area contributed by atoms with Crippen LogP contribution in [0.15, 0.2) is 30.3 Å². The summed E-state index contributed by atoms with van der Waals surface area (Å²) in [5.74, 6) is 0. The van der Waals surface area contributed by atoms with E-state index in [-0.39, 0.29) is 69.6 Å². The number of benzene rings is 1. The van der Waals surface area contributed by atoms with E-state index in [2.05, 4.69) is 16.7 Å². The van der Waals surface area contributed by atoms with Crippen LogP contribution in [0.1, 0.15) is 13.8 Å². The van der Waals surface area contributed by atoms with Crippen molar-refractivity contribution >= 4 is 8.41 Å². The Bertz CT molecular complexity index is 149. The maximum absolute atomic E-state index is 4.08. The van der Waals surface area contributed by atoms with Gasteiger partial charge in [0.25, 0.3) is 0 Å². The van der Waals surface area contributed by atoms with Gasteiger partial charge in [0.1, 0.15) is 0 Å². The number of nitrogens with zero attached hydrogens (tertiary/aromatic N) is 2. The van der Waals surface area contributed by atoms with Crippen molar-refractivity contribution in [1.82, 2.24) is 0 Å². The fourth-order valence-corrected chi connectivity index (χ4v) is 0.848. The van der Waals surface area contributed by atoms with E-state index < -0.39 is 0 Å². The molecule has 18 heavy (non-hydrogen) atoms. The molecule has 1 aromatic rings. The van der Waals surface area contributed by atoms with Gasteiger partial charge in [-0.3, -0.25) is 0 Å². The van der Waals surface area contributed by atoms with Gasteiger partial charge in [-0.15, -0.1) is 0 Å². The van der Waals surface area contributed by atoms with E-state index in [0.717, 1.165) is 26.2 Å². The van der Waals surface area contributed by atoms with E-state index >= 15 is 0 Å². The van der Waals surface area contributed by atoms with Crippen molar-refractivity contribution in [2.75, 3.05) is 26.2 Å². The van der Waals surface area contributed by atoms with E-state index in [4.69, 9.17) is 0 Å². The van der Waals surface area contributed by atoms with Crippen LogP contribution in [0.4, 0.5) is 0 Å². The zero-order chi connectivity index (χ0) is 10.5. The van der Waals surface area contributed by atoms with Crippen LogP contribution >= 0.6 is 0 Å². The van der Waals surface area contributed by atoms with Gasteiger partial charge < -0.3 is 18.1 Å². The molecule has 5 heteroatoms. The van der Waals surface area contributed by atoms with Crippen LogP contribution in [0, 0.1) is 13.5 Å². The summed E-state index contributed by atoms with van der Waals surface area (Å²) in [4.78, 5) is 0. The maximum atomic E-state index is 4.08. The zero-order valence-electron chi connectivity index (χ0n) is 11.7. The van der Waals surface area contributed by atoms with Crippen LogP contribution in [0.2, 0.25) is 0 Å². The van der Waals surface area contributed by atoms with Gasteiger partial charge in [-0.2, -0.15) is 62.6 Å². The molecule has 98 valence electrons. The molecule has 4 radical (unpaired) electrons. The topological polar surface area (TPSA) is 28.2 Å². The molecule has 0 atom stereocenters. The molecular weight excluding hydrogens is 468 g/mol. The second-order valence-corrected chi connectivity index (χ2v) is 2.42. The zero-order valence-corrected chi connectivity index (χ0v) is 17.4. The van der Waals surface area contributed by atoms with Gasteiger partial charge in [-0.25, -0.2) is 0 Å². The first-order chi connectivity index (χ1) is 7.00. The third-order valence-electron chi connectivity index (χ3n) is 1.44. The Morgan fingerprint density at radius 1 is 0.833 bits per heavy atom. The third kappa shape index (κ3) is 25.7. The molecule has 0 saturated carbocycles. The molecule has 0 bridgehead atoms. The van der Waals surface area contributed by atoms with Crippen molar-refractivity contribution in [3.05, 3.63) is 54.5 Å². The summed E-state index contributed by atoms with van der Waals surface area (Å²) in [7, 11) is 0. The Hall–Kier alpha value is 0.997. The molecule has 0 spiro atoms. The van der Waals surface area contributed by atoms with Gasteiger partial charge in [-0.1, -0.05) is 13.8 Å². The van der Waals surface area contributed by atoms with Gasteiger partial charge in [0.05, 0.1) is 0 Å². The Kier molecular flexibility index (Phi) is 53.7. The summed E-state index contributed by atoms with van der Waals surface area (Å²) in [5, 5.41) is 8.17. The van der Waals surface area contributed by atoms with E-state index in [9.17, 15) is 0 Å². The molecule has 0 unspecified atom stereocenters. The second-order valence-electron chi connectivity index (χ2n) is 2.42. The average Bonchev–Trinajstić information content (AvgIpc) is 2.37. The molecule has 0 aliphatic carbocycles. The number of hydrogen-bond donors (Lipinski definition) is 0. The van der Waals surface area contributed by atoms with Crippen LogP contribution in [0.5, 0.6) is 0 Å². The predicted molar refractivity (Wildman–Crippen MR) is 75.0 cm³/mol. The molecule has 1 aliphatic rings. The molecule has 0 amide bonds. The normalized spacial score (nSPS) is 11.0. The first-order valence-electron chi connectivity index (χ1n) is 5.18. The molecule has 1 fully saturated rings. The summed E-state index contributed by atoms with van der Waals surface area (Å²) < 4.78 is 0. The summed E-state index contributed by atoms with van der Waals surface area (Å²) >= 11 is 0. The molecule has 0 N–H and O–H groups in total. The smallest absolute Gasteiger partial charge is 0.665 e. The molecule has 0 aromatic heterocycles. The fourth-order valence-electron chi connectivity index (χ4n) is 0.848. The van der Waals surface area contributed by atoms with Crippen LogP contribution in [-0.2, 0) is 53.8 Å². The maximum Gasteiger partial charge on any atom is 2.00 e. The van der Waals surface area contributed by atoms with Gasteiger partial charge in [0.2, 0.25) is 0 Å². The molecular formula is C13H22BN2WY-2. The van der Waals surface area contributed by atoms with Gasteiger partial charge in [0.15, 0.2) is 0 Å². The van der Waals surface area contributed by atoms with Crippen molar-refractivity contribution in [3.8, 4) is 0 Å². The Balaban J connectivity index is -0.0000000460. The molecule has 1 saturated heterocycles. The predicted octanol–water partition coefficient (Wildman–Crippen LogP) is 3.32. The standard InChI is InChI=1S/C6H5.C4H8N2.C2H6.CH3.B.W.Y/c1-2-4-6-5-3-1;1-2-6-4-3-5-1;1-2;;;;/h1-5H;1-4H2;1-2H3;1H3;;;/q-1;-2;;-1;;+2;. The van der Waals surface area contributed by atoms with Crippen molar-refractivity contribution in [2.45, 2.75) is 13.8 Å². The van der Waals surface area contributed by atoms with Crippen molar-refractivity contribution < 1.29 is 53.8 Å². The van der Waals surface area contributed by atoms with Gasteiger partial charge >= 0.3 is 21.1 Å². The monoisotopic (exact) mass is 490 g/mol. The van der Waals surface area contributed by atoms with E-state index in [1.807, 2.05) is 44.2 Å². The van der Waals surface area contributed by atoms with Crippen molar-refractivity contribution in [3.63, 3.8) is 0 Å². The van der Waals surface area contributed by atoms with Crippen molar-refractivity contribution in [1.29, 1.82) is 0 Å². The van der Waals surface area contributed by atoms with Crippen LogP contribution < -0.4 is 0 Å². The molecule has 1 heterocycles. The first kappa shape index (κ1) is 31.4. The van der Waals surface area contributed by atoms with Gasteiger partial charge in [0, 0.05) is 41.1 Å². The largest absolute Gasteiger partial charge is 2.00 e. The summed E-state index contributed by atoms with van der Waals surface area (Å²) in [6.07, 6.45) is 0. The second kappa shape index (κ2) is 30.8. The molecule has 2 nitrogen and oxygen atoms in total. The number of piperazine rings is 1. The Labute approximate surface area is 155 Å². The minimum atomic E-state index is 0. The number of hydrogen-bond acceptors (Lipinski definition) is 0. The van der Waals surface area contributed by atoms with E-state index in [0.29, 0.717) is 0 Å². The van der Waals surface area contributed by atoms with Crippen molar-refractivity contribution in [2.24, 2.45) is 0 Å². The first-order valence-corrected chi connectivity index (χ1v) is 5.18. The quantitative estimate of drug-likeness (QED) is 0.395. The Morgan fingerprint density at radius 3 is 1.28 bits per heavy atom. The SMILES string of the molecule is C1C[N-]CC[N-]1.CC.[B].[CH3-].[W+2].[Y].[c-]1ccccc1. The molecule has 1 aromatic carbocycles. The molecule has 1 aliphatic heterocycles. The van der Waals surface area contributed by atoms with Gasteiger partial charge in [-0.05, 0) is 0 Å². The fraction of sp³-hybridized carbons (Fsp3) is 0.462. The Morgan fingerprint density at radius 2 is 1.17 bits per heavy atom. The average molecular weight is 490 g/mol. The van der Waals surface area contributed by atoms with Crippen LogP contribution in [0.3, 0.4) is 0 Å². The summed E-state index contributed by atoms with van der Waals surface area (Å²) in [6, 6.07) is 12.5. The molecule has 2 rings (SSSR count). The third-order valence-corrected chi connectivity index (χ3v) is 1.44. The minimum Gasteiger partial charge on any atom is -0.665 e. The van der Waals surface area contributed by atoms with Crippen LogP contribution in [-0.4, -0.2) is 34.6 Å². The van der Waals surface area contributed by atoms with E-state index in [1.165, 1.54) is 0 Å². The minimum absolute atomic E-state index is 0. The summed E-state index contributed by atoms with van der Waals surface area (Å²) in [6.45, 7) is 7.83. The number of rotatable bonds is 0. The van der Waals surface area contributed by atoms with Crippen LogP contribution in [0.25, 0.3) is 10.6 Å². The summed E-state index contributed by atoms with van der Waals surface area (Å²) in [5.41, 5.74) is 0. The van der Waals surface area contributed by atoms with E-state index in [1.54, 1.807) is 0 Å².